The third-order valence-corrected chi connectivity index (χ3v) is 4.29. The van der Waals surface area contributed by atoms with Gasteiger partial charge in [-0.25, -0.2) is 0 Å². The second-order valence-electron chi connectivity index (χ2n) is 4.48. The van der Waals surface area contributed by atoms with Gasteiger partial charge in [0.2, 0.25) is 0 Å². The van der Waals surface area contributed by atoms with Gasteiger partial charge in [-0.15, -0.1) is 0 Å². The van der Waals surface area contributed by atoms with Gasteiger partial charge in [0, 0.05) is 17.1 Å². The van der Waals surface area contributed by atoms with Gasteiger partial charge in [0.15, 0.2) is 0 Å². The molecule has 0 spiro atoms. The summed E-state index contributed by atoms with van der Waals surface area (Å²) in [7, 11) is -0.929. The fourth-order valence-electron chi connectivity index (χ4n) is 1.77. The maximum atomic E-state index is 12.0. The van der Waals surface area contributed by atoms with E-state index in [2.05, 4.69) is 6.07 Å². The quantitative estimate of drug-likeness (QED) is 0.729. The molecule has 1 atom stereocenters. The van der Waals surface area contributed by atoms with Crippen molar-refractivity contribution in [1.82, 2.24) is 0 Å². The first kappa shape index (κ1) is 14.1. The smallest absolute Gasteiger partial charge is 0.129 e. The van der Waals surface area contributed by atoms with E-state index in [1.54, 1.807) is 6.92 Å². The van der Waals surface area contributed by atoms with Crippen LogP contribution in [0.5, 0.6) is 0 Å². The first-order chi connectivity index (χ1) is 8.00. The Morgan fingerprint density at radius 3 is 2.53 bits per heavy atom. The first-order valence-corrected chi connectivity index (χ1v) is 7.27. The summed E-state index contributed by atoms with van der Waals surface area (Å²) in [5.74, 6) is 0.860. The predicted molar refractivity (Wildman–Crippen MR) is 71.7 cm³/mol. The first-order valence-electron chi connectivity index (χ1n) is 5.96. The fourth-order valence-corrected chi connectivity index (χ4v) is 3.10. The molecule has 3 heteroatoms. The zero-order chi connectivity index (χ0) is 12.8. The van der Waals surface area contributed by atoms with Crippen LogP contribution in [-0.4, -0.2) is 15.7 Å². The molecule has 1 unspecified atom stereocenters. The van der Waals surface area contributed by atoms with Crippen LogP contribution in [0, 0.1) is 13.8 Å². The van der Waals surface area contributed by atoms with Crippen molar-refractivity contribution in [2.45, 2.75) is 44.9 Å². The van der Waals surface area contributed by atoms with Crippen molar-refractivity contribution in [3.63, 3.8) is 0 Å². The number of carbonyl (C=O) groups is 1. The number of hydrogen-bond donors (Lipinski definition) is 0. The average molecular weight is 252 g/mol. The van der Waals surface area contributed by atoms with Gasteiger partial charge < -0.3 is 4.79 Å². The van der Waals surface area contributed by atoms with Crippen LogP contribution < -0.4 is 0 Å². The fraction of sp³-hybridized carbons (Fsp3) is 0.500. The van der Waals surface area contributed by atoms with Crippen LogP contribution in [0.3, 0.4) is 0 Å². The van der Waals surface area contributed by atoms with E-state index in [-0.39, 0.29) is 5.78 Å². The molecule has 1 rings (SSSR count). The molecule has 2 nitrogen and oxygen atoms in total. The second kappa shape index (κ2) is 6.70. The van der Waals surface area contributed by atoms with Crippen LogP contribution in [0.4, 0.5) is 0 Å². The van der Waals surface area contributed by atoms with Crippen molar-refractivity contribution >= 4 is 16.6 Å². The average Bonchev–Trinajstić information content (AvgIpc) is 2.23. The third kappa shape index (κ3) is 4.82. The number of aryl methyl sites for hydroxylation is 2. The Morgan fingerprint density at radius 2 is 1.94 bits per heavy atom. The summed E-state index contributed by atoms with van der Waals surface area (Å²) in [5, 5.41) is 0. The van der Waals surface area contributed by atoms with Gasteiger partial charge in [0.1, 0.15) is 5.78 Å². The molecule has 0 saturated carbocycles. The van der Waals surface area contributed by atoms with Crippen molar-refractivity contribution in [2.24, 2.45) is 0 Å². The summed E-state index contributed by atoms with van der Waals surface area (Å²) >= 11 is 0. The third-order valence-electron chi connectivity index (χ3n) is 2.68. The lowest BCUT2D eigenvalue weighted by Gasteiger charge is -2.06. The molecule has 0 amide bonds. The highest BCUT2D eigenvalue weighted by Crippen LogP contribution is 2.16. The van der Waals surface area contributed by atoms with E-state index in [0.29, 0.717) is 12.2 Å². The topological polar surface area (TPSA) is 34.1 Å². The van der Waals surface area contributed by atoms with Crippen LogP contribution >= 0.6 is 0 Å². The summed E-state index contributed by atoms with van der Waals surface area (Å²) in [6.07, 6.45) is 2.29. The van der Waals surface area contributed by atoms with Gasteiger partial charge in [-0.1, -0.05) is 17.7 Å². The molecule has 0 fully saturated rings. The van der Waals surface area contributed by atoms with Crippen LogP contribution in [-0.2, 0) is 15.6 Å². The maximum absolute atomic E-state index is 12.0. The Bertz CT molecular complexity index is 424. The van der Waals surface area contributed by atoms with E-state index >= 15 is 0 Å². The number of benzene rings is 1. The molecule has 0 saturated heterocycles. The number of carbonyl (C=O) groups excluding carboxylic acids is 1. The van der Waals surface area contributed by atoms with Crippen molar-refractivity contribution in [1.29, 1.82) is 0 Å². The van der Waals surface area contributed by atoms with Crippen molar-refractivity contribution in [2.75, 3.05) is 5.75 Å². The predicted octanol–water partition coefficient (Wildman–Crippen LogP) is 3.17. The summed E-state index contributed by atoms with van der Waals surface area (Å²) < 4.78 is 12.0. The van der Waals surface area contributed by atoms with Gasteiger partial charge in [0.25, 0.3) is 0 Å². The Balaban J connectivity index is 2.50. The normalized spacial score (nSPS) is 12.4. The molecule has 0 aliphatic heterocycles. The number of hydrogen-bond acceptors (Lipinski definition) is 2. The van der Waals surface area contributed by atoms with Gasteiger partial charge in [-0.05, 0) is 45.2 Å². The number of rotatable bonds is 6. The Morgan fingerprint density at radius 1 is 1.24 bits per heavy atom. The van der Waals surface area contributed by atoms with E-state index in [1.807, 2.05) is 26.0 Å². The highest BCUT2D eigenvalue weighted by Gasteiger charge is 2.07. The largest absolute Gasteiger partial charge is 0.300 e. The van der Waals surface area contributed by atoms with Gasteiger partial charge in [-0.3, -0.25) is 4.21 Å². The standard InChI is InChI=1S/C14H20O2S/c1-11-7-8-14(12(2)10-11)17(16)9-5-4-6-13(3)15/h7-8,10H,4-6,9H2,1-3H3. The lowest BCUT2D eigenvalue weighted by molar-refractivity contribution is -0.117. The number of ketones is 1. The zero-order valence-corrected chi connectivity index (χ0v) is 11.6. The molecule has 0 N–H and O–H groups in total. The number of unbranched alkanes of at least 4 members (excludes halogenated alkanes) is 1. The molecular formula is C14H20O2S. The molecule has 1 aromatic rings. The van der Waals surface area contributed by atoms with Gasteiger partial charge in [0.05, 0.1) is 10.8 Å². The van der Waals surface area contributed by atoms with Crippen LogP contribution in [0.2, 0.25) is 0 Å². The minimum Gasteiger partial charge on any atom is -0.300 e. The molecule has 0 heterocycles. The van der Waals surface area contributed by atoms with E-state index in [1.165, 1.54) is 5.56 Å². The minimum absolute atomic E-state index is 0.210. The summed E-state index contributed by atoms with van der Waals surface area (Å²) in [6, 6.07) is 6.00. The molecule has 0 bridgehead atoms. The van der Waals surface area contributed by atoms with E-state index in [0.717, 1.165) is 23.3 Å². The van der Waals surface area contributed by atoms with E-state index in [4.69, 9.17) is 0 Å². The van der Waals surface area contributed by atoms with Gasteiger partial charge in [-0.2, -0.15) is 0 Å². The van der Waals surface area contributed by atoms with Gasteiger partial charge >= 0.3 is 0 Å². The summed E-state index contributed by atoms with van der Waals surface area (Å²) in [6.45, 7) is 5.63. The summed E-state index contributed by atoms with van der Waals surface area (Å²) in [4.78, 5) is 11.7. The lowest BCUT2D eigenvalue weighted by Crippen LogP contribution is -2.01. The molecule has 94 valence electrons. The van der Waals surface area contributed by atoms with Crippen LogP contribution in [0.1, 0.15) is 37.3 Å². The SMILES string of the molecule is CC(=O)CCCCS(=O)c1ccc(C)cc1C. The Hall–Kier alpha value is -0.960. The molecule has 0 aliphatic carbocycles. The van der Waals surface area contributed by atoms with Crippen molar-refractivity contribution < 1.29 is 9.00 Å². The number of Topliss-reactive ketones (excluding diaryl/α,β-unsaturated/α-hetero) is 1. The van der Waals surface area contributed by atoms with E-state index < -0.39 is 10.8 Å². The molecule has 0 radical (unpaired) electrons. The van der Waals surface area contributed by atoms with Crippen molar-refractivity contribution in [3.05, 3.63) is 29.3 Å². The minimum atomic E-state index is -0.929. The Labute approximate surface area is 106 Å². The monoisotopic (exact) mass is 252 g/mol. The molecule has 0 aromatic heterocycles. The highest BCUT2D eigenvalue weighted by atomic mass is 32.2. The lowest BCUT2D eigenvalue weighted by atomic mass is 10.2. The molecular weight excluding hydrogens is 232 g/mol. The van der Waals surface area contributed by atoms with Crippen LogP contribution in [0.25, 0.3) is 0 Å². The molecule has 0 aliphatic rings. The Kier molecular flexibility index (Phi) is 5.56. The maximum Gasteiger partial charge on any atom is 0.129 e. The van der Waals surface area contributed by atoms with Crippen LogP contribution in [0.15, 0.2) is 23.1 Å². The van der Waals surface area contributed by atoms with Crippen molar-refractivity contribution in [3.8, 4) is 0 Å². The highest BCUT2D eigenvalue weighted by molar-refractivity contribution is 7.85. The van der Waals surface area contributed by atoms with E-state index in [9.17, 15) is 9.00 Å². The zero-order valence-electron chi connectivity index (χ0n) is 10.8. The molecule has 1 aromatic carbocycles. The molecule has 17 heavy (non-hydrogen) atoms. The second-order valence-corrected chi connectivity index (χ2v) is 6.02. The summed E-state index contributed by atoms with van der Waals surface area (Å²) in [5.41, 5.74) is 2.29.